The van der Waals surface area contributed by atoms with Gasteiger partial charge < -0.3 is 18.9 Å². The Bertz CT molecular complexity index is 1010. The number of carbonyl (C=O) groups excluding carboxylic acids is 2. The van der Waals surface area contributed by atoms with Crippen LogP contribution >= 0.6 is 7.82 Å². The number of allylic oxidation sites excluding steroid dienone is 6. The van der Waals surface area contributed by atoms with Crippen molar-refractivity contribution in [2.75, 3.05) is 47.5 Å². The van der Waals surface area contributed by atoms with E-state index in [4.69, 9.17) is 18.5 Å². The van der Waals surface area contributed by atoms with Gasteiger partial charge in [-0.2, -0.15) is 0 Å². The second kappa shape index (κ2) is 35.9. The molecule has 2 unspecified atom stereocenters. The van der Waals surface area contributed by atoms with Gasteiger partial charge in [-0.3, -0.25) is 18.6 Å². The van der Waals surface area contributed by atoms with Crippen LogP contribution in [0.2, 0.25) is 0 Å². The largest absolute Gasteiger partial charge is 0.472 e. The molecule has 310 valence electrons. The Balaban J connectivity index is 4.40. The molecule has 0 aromatic rings. The van der Waals surface area contributed by atoms with Gasteiger partial charge in [0, 0.05) is 12.8 Å². The van der Waals surface area contributed by atoms with Crippen LogP contribution in [-0.2, 0) is 32.7 Å². The third-order valence-corrected chi connectivity index (χ3v) is 9.92. The van der Waals surface area contributed by atoms with Crippen LogP contribution in [0.5, 0.6) is 0 Å². The van der Waals surface area contributed by atoms with Crippen molar-refractivity contribution in [3.63, 3.8) is 0 Å². The Labute approximate surface area is 325 Å². The van der Waals surface area contributed by atoms with Gasteiger partial charge in [0.25, 0.3) is 0 Å². The predicted molar refractivity (Wildman–Crippen MR) is 220 cm³/mol. The minimum Gasteiger partial charge on any atom is -0.462 e. The molecular formula is C43H81NO8P+. The summed E-state index contributed by atoms with van der Waals surface area (Å²) in [6.45, 7) is 4.29. The number of unbranched alkanes of at least 4 members (excludes halogenated alkanes) is 18. The molecule has 0 bridgehead atoms. The molecule has 2 atom stereocenters. The third-order valence-electron chi connectivity index (χ3n) is 8.93. The fourth-order valence-electron chi connectivity index (χ4n) is 5.62. The number of ether oxygens (including phenoxy) is 2. The van der Waals surface area contributed by atoms with Crippen LogP contribution in [0.4, 0.5) is 0 Å². The number of phosphoric acid groups is 1. The van der Waals surface area contributed by atoms with E-state index in [2.05, 4.69) is 50.3 Å². The summed E-state index contributed by atoms with van der Waals surface area (Å²) in [4.78, 5) is 35.3. The zero-order valence-corrected chi connectivity index (χ0v) is 35.6. The predicted octanol–water partition coefficient (Wildman–Crippen LogP) is 11.7. The number of likely N-dealkylation sites (N-methyl/N-ethyl adjacent to an activating group) is 1. The smallest absolute Gasteiger partial charge is 0.462 e. The molecule has 53 heavy (non-hydrogen) atoms. The fraction of sp³-hybridized carbons (Fsp3) is 0.814. The minimum absolute atomic E-state index is 0.0285. The molecule has 0 amide bonds. The van der Waals surface area contributed by atoms with Gasteiger partial charge in [0.2, 0.25) is 0 Å². The average molecular weight is 771 g/mol. The van der Waals surface area contributed by atoms with Crippen LogP contribution < -0.4 is 0 Å². The molecule has 0 rings (SSSR count). The van der Waals surface area contributed by atoms with Gasteiger partial charge in [0.05, 0.1) is 27.7 Å². The Morgan fingerprint density at radius 2 is 1.08 bits per heavy atom. The maximum Gasteiger partial charge on any atom is 0.472 e. The van der Waals surface area contributed by atoms with Gasteiger partial charge in [0.1, 0.15) is 19.8 Å². The maximum absolute atomic E-state index is 12.7. The SMILES string of the molecule is CC/C=C\C/C=C\C/C=C\CCCCCCCC(=O)OC(COC(=O)CCCCCCCCCCCCCCCC)COP(=O)(O)OCC[N+](C)(C)C. The molecule has 0 fully saturated rings. The van der Waals surface area contributed by atoms with E-state index in [1.165, 1.54) is 70.6 Å². The zero-order valence-electron chi connectivity index (χ0n) is 34.7. The first-order valence-electron chi connectivity index (χ1n) is 21.2. The molecule has 0 aliphatic rings. The summed E-state index contributed by atoms with van der Waals surface area (Å²) in [6, 6.07) is 0. The van der Waals surface area contributed by atoms with Gasteiger partial charge in [-0.1, -0.05) is 153 Å². The summed E-state index contributed by atoms with van der Waals surface area (Å²) >= 11 is 0. The number of phosphoric ester groups is 1. The lowest BCUT2D eigenvalue weighted by atomic mass is 10.0. The summed E-state index contributed by atoms with van der Waals surface area (Å²) in [5.41, 5.74) is 0. The summed E-state index contributed by atoms with van der Waals surface area (Å²) in [5, 5.41) is 0. The number of carbonyl (C=O) groups is 2. The summed E-state index contributed by atoms with van der Waals surface area (Å²) < 4.78 is 34.2. The van der Waals surface area contributed by atoms with Crippen molar-refractivity contribution < 1.29 is 42.1 Å². The highest BCUT2D eigenvalue weighted by Gasteiger charge is 2.27. The number of hydrogen-bond acceptors (Lipinski definition) is 7. The molecule has 0 saturated heterocycles. The zero-order chi connectivity index (χ0) is 39.3. The topological polar surface area (TPSA) is 108 Å². The normalized spacial score (nSPS) is 14.0. The quantitative estimate of drug-likeness (QED) is 0.0217. The first-order valence-corrected chi connectivity index (χ1v) is 22.7. The molecule has 9 nitrogen and oxygen atoms in total. The molecule has 1 N–H and O–H groups in total. The van der Waals surface area contributed by atoms with Crippen molar-refractivity contribution in [2.45, 2.75) is 180 Å². The van der Waals surface area contributed by atoms with E-state index in [0.717, 1.165) is 70.6 Å². The van der Waals surface area contributed by atoms with Crippen molar-refractivity contribution in [3.8, 4) is 0 Å². The number of esters is 2. The van der Waals surface area contributed by atoms with Crippen LogP contribution in [0.15, 0.2) is 36.5 Å². The molecule has 0 saturated carbocycles. The van der Waals surface area contributed by atoms with E-state index in [0.29, 0.717) is 17.4 Å². The Morgan fingerprint density at radius 1 is 0.604 bits per heavy atom. The molecule has 0 spiro atoms. The molecule has 0 aromatic carbocycles. The van der Waals surface area contributed by atoms with Gasteiger partial charge in [-0.15, -0.1) is 0 Å². The van der Waals surface area contributed by atoms with Gasteiger partial charge in [-0.25, -0.2) is 4.57 Å². The highest BCUT2D eigenvalue weighted by Crippen LogP contribution is 2.43. The van der Waals surface area contributed by atoms with E-state index in [-0.39, 0.29) is 32.0 Å². The first kappa shape index (κ1) is 51.2. The number of rotatable bonds is 38. The second-order valence-corrected chi connectivity index (χ2v) is 16.8. The fourth-order valence-corrected chi connectivity index (χ4v) is 6.36. The van der Waals surface area contributed by atoms with Gasteiger partial charge >= 0.3 is 19.8 Å². The second-order valence-electron chi connectivity index (χ2n) is 15.4. The highest BCUT2D eigenvalue weighted by atomic mass is 31.2. The Hall–Kier alpha value is -1.77. The van der Waals surface area contributed by atoms with Crippen molar-refractivity contribution in [2.24, 2.45) is 0 Å². The van der Waals surface area contributed by atoms with Crippen molar-refractivity contribution >= 4 is 19.8 Å². The molecule has 0 heterocycles. The number of hydrogen-bond donors (Lipinski definition) is 1. The monoisotopic (exact) mass is 771 g/mol. The average Bonchev–Trinajstić information content (AvgIpc) is 3.10. The van der Waals surface area contributed by atoms with Crippen molar-refractivity contribution in [1.82, 2.24) is 0 Å². The van der Waals surface area contributed by atoms with Crippen LogP contribution in [0, 0.1) is 0 Å². The molecule has 0 radical (unpaired) electrons. The third kappa shape index (κ3) is 39.7. The lowest BCUT2D eigenvalue weighted by Crippen LogP contribution is -2.37. The van der Waals surface area contributed by atoms with Crippen LogP contribution in [0.3, 0.4) is 0 Å². The summed E-state index contributed by atoms with van der Waals surface area (Å²) in [7, 11) is 1.46. The highest BCUT2D eigenvalue weighted by molar-refractivity contribution is 7.47. The minimum atomic E-state index is -4.37. The van der Waals surface area contributed by atoms with E-state index in [1.54, 1.807) is 0 Å². The van der Waals surface area contributed by atoms with E-state index in [9.17, 15) is 19.0 Å². The first-order chi connectivity index (χ1) is 25.5. The summed E-state index contributed by atoms with van der Waals surface area (Å²) in [6.07, 6.45) is 39.0. The van der Waals surface area contributed by atoms with E-state index in [1.807, 2.05) is 21.1 Å². The number of nitrogens with zero attached hydrogens (tertiary/aromatic N) is 1. The van der Waals surface area contributed by atoms with Crippen LogP contribution in [-0.4, -0.2) is 74.9 Å². The Morgan fingerprint density at radius 3 is 1.60 bits per heavy atom. The molecule has 0 aliphatic heterocycles. The van der Waals surface area contributed by atoms with Gasteiger partial charge in [0.15, 0.2) is 6.10 Å². The van der Waals surface area contributed by atoms with E-state index >= 15 is 0 Å². The lowest BCUT2D eigenvalue weighted by Gasteiger charge is -2.24. The Kier molecular flexibility index (Phi) is 34.7. The van der Waals surface area contributed by atoms with Crippen molar-refractivity contribution in [3.05, 3.63) is 36.5 Å². The van der Waals surface area contributed by atoms with Gasteiger partial charge in [-0.05, 0) is 44.9 Å². The maximum atomic E-state index is 12.7. The number of quaternary nitrogens is 1. The van der Waals surface area contributed by atoms with E-state index < -0.39 is 26.5 Å². The molecular weight excluding hydrogens is 689 g/mol. The molecule has 10 heteroatoms. The van der Waals surface area contributed by atoms with Crippen molar-refractivity contribution in [1.29, 1.82) is 0 Å². The standard InChI is InChI=1S/C43H80NO8P/c1-6-8-10-12-14-16-18-20-22-24-26-28-30-32-34-36-43(46)52-41(40-51-53(47,48)50-38-37-44(3,4)5)39-49-42(45)35-33-31-29-27-25-23-21-19-17-15-13-11-9-7-2/h8,10,14,16,20,22,41H,6-7,9,11-13,15,17-19,21,23-40H2,1-5H3/p+1/b10-8-,16-14-,22-20-. The van der Waals surface area contributed by atoms with Crippen LogP contribution in [0.25, 0.3) is 0 Å². The molecule has 0 aromatic heterocycles. The molecule has 0 aliphatic carbocycles. The summed E-state index contributed by atoms with van der Waals surface area (Å²) in [5.74, 6) is -0.816. The lowest BCUT2D eigenvalue weighted by molar-refractivity contribution is -0.870. The van der Waals surface area contributed by atoms with Crippen LogP contribution in [0.1, 0.15) is 174 Å².